The number of nitrogens with zero attached hydrogens (tertiary/aromatic N) is 1. The van der Waals surface area contributed by atoms with Crippen molar-refractivity contribution in [3.8, 4) is 0 Å². The van der Waals surface area contributed by atoms with E-state index >= 15 is 0 Å². The smallest absolute Gasteiger partial charge is 0.385 e. The number of unbranched alkanes of at least 4 members (excludes halogenated alkanes) is 9. The van der Waals surface area contributed by atoms with Gasteiger partial charge in [0.1, 0.15) is 25.0 Å². The zero-order chi connectivity index (χ0) is 25.5. The highest BCUT2D eigenvalue weighted by molar-refractivity contribution is 7.38. The maximum Gasteiger partial charge on any atom is 0.504 e. The molecule has 1 N–H and O–H groups in total. The van der Waals surface area contributed by atoms with Crippen LogP contribution in [0, 0.1) is 0 Å². The minimum Gasteiger partial charge on any atom is -0.385 e. The normalized spacial score (nSPS) is 13.7. The Bertz CT molecular complexity index is 575. The lowest BCUT2D eigenvalue weighted by Gasteiger charge is -2.31. The molecular formula is C28H54NO4P+2. The van der Waals surface area contributed by atoms with E-state index in [2.05, 4.69) is 45.3 Å². The Morgan fingerprint density at radius 1 is 0.882 bits per heavy atom. The summed E-state index contributed by atoms with van der Waals surface area (Å²) in [5.41, 5.74) is 0. The number of quaternary nitrogens is 1. The predicted octanol–water partition coefficient (Wildman–Crippen LogP) is 7.37. The molecule has 0 bridgehead atoms. The number of carbonyl (C=O) groups excluding carboxylic acids is 1. The van der Waals surface area contributed by atoms with Crippen LogP contribution in [0.25, 0.3) is 0 Å². The first-order valence-electron chi connectivity index (χ1n) is 13.6. The molecular weight excluding hydrogens is 445 g/mol. The number of aliphatic hydroxyl groups is 1. The third-order valence-electron chi connectivity index (χ3n) is 6.03. The minimum absolute atomic E-state index is 0.111. The van der Waals surface area contributed by atoms with Gasteiger partial charge in [0.2, 0.25) is 0 Å². The lowest BCUT2D eigenvalue weighted by Crippen LogP contribution is -2.47. The topological polar surface area (TPSA) is 63.6 Å². The van der Waals surface area contributed by atoms with Gasteiger partial charge >= 0.3 is 8.03 Å². The van der Waals surface area contributed by atoms with Crippen molar-refractivity contribution in [1.29, 1.82) is 0 Å². The molecule has 0 aliphatic heterocycles. The second-order valence-corrected chi connectivity index (χ2v) is 11.3. The molecule has 0 radical (unpaired) electrons. The molecule has 0 aromatic carbocycles. The fourth-order valence-corrected chi connectivity index (χ4v) is 4.41. The first kappa shape index (κ1) is 33.1. The third kappa shape index (κ3) is 24.3. The summed E-state index contributed by atoms with van der Waals surface area (Å²) in [5, 5.41) is 10.0. The number of rotatable bonds is 24. The highest BCUT2D eigenvalue weighted by atomic mass is 31.1. The number of Topliss-reactive ketones (excluding diaryl/α,β-unsaturated/α-hetero) is 1. The number of carbonyl (C=O) groups is 1. The summed E-state index contributed by atoms with van der Waals surface area (Å²) in [7, 11) is 2.47. The number of hydrogen-bond acceptors (Lipinski definition) is 4. The molecule has 5 nitrogen and oxygen atoms in total. The second-order valence-electron chi connectivity index (χ2n) is 10.2. The number of likely N-dealkylation sites (N-methyl/N-ethyl adjacent to an activating group) is 1. The van der Waals surface area contributed by atoms with E-state index in [4.69, 9.17) is 4.52 Å². The van der Waals surface area contributed by atoms with Crippen molar-refractivity contribution in [3.05, 3.63) is 24.3 Å². The van der Waals surface area contributed by atoms with Crippen molar-refractivity contribution in [2.45, 2.75) is 109 Å². The van der Waals surface area contributed by atoms with Gasteiger partial charge in [-0.3, -0.25) is 4.79 Å². The fourth-order valence-electron chi connectivity index (χ4n) is 4.03. The number of hydrogen-bond donors (Lipinski definition) is 1. The van der Waals surface area contributed by atoms with E-state index in [-0.39, 0.29) is 6.61 Å². The lowest BCUT2D eigenvalue weighted by atomic mass is 10.0. The average Bonchev–Trinajstić information content (AvgIpc) is 2.77. The van der Waals surface area contributed by atoms with Gasteiger partial charge in [-0.2, -0.15) is 0 Å². The molecule has 0 aliphatic rings. The Labute approximate surface area is 211 Å². The van der Waals surface area contributed by atoms with Crippen LogP contribution in [0.5, 0.6) is 0 Å². The van der Waals surface area contributed by atoms with Gasteiger partial charge in [0.05, 0.1) is 20.6 Å². The van der Waals surface area contributed by atoms with Crippen LogP contribution in [-0.2, 0) is 13.9 Å². The first-order valence-corrected chi connectivity index (χ1v) is 15.2. The van der Waals surface area contributed by atoms with Crippen molar-refractivity contribution < 1.29 is 23.5 Å². The summed E-state index contributed by atoms with van der Waals surface area (Å²) in [5.74, 6) is 0.385. The Morgan fingerprint density at radius 3 is 2.06 bits per heavy atom. The summed E-state index contributed by atoms with van der Waals surface area (Å²) in [4.78, 5) is 12.1. The summed E-state index contributed by atoms with van der Waals surface area (Å²) >= 11 is 0. The van der Waals surface area contributed by atoms with E-state index in [0.717, 1.165) is 38.6 Å². The van der Waals surface area contributed by atoms with Gasteiger partial charge in [-0.1, -0.05) is 63.3 Å². The van der Waals surface area contributed by atoms with Crippen molar-refractivity contribution in [3.63, 3.8) is 0 Å². The van der Waals surface area contributed by atoms with Gasteiger partial charge in [0.15, 0.2) is 6.66 Å². The van der Waals surface area contributed by atoms with Crippen LogP contribution in [0.15, 0.2) is 24.3 Å². The van der Waals surface area contributed by atoms with Crippen LogP contribution >= 0.6 is 8.03 Å². The molecule has 0 aromatic rings. The number of ketones is 1. The van der Waals surface area contributed by atoms with Crippen molar-refractivity contribution in [1.82, 2.24) is 0 Å². The van der Waals surface area contributed by atoms with Crippen LogP contribution in [0.2, 0.25) is 0 Å². The zero-order valence-electron chi connectivity index (χ0n) is 22.7. The first-order chi connectivity index (χ1) is 16.3. The minimum atomic E-state index is -1.67. The van der Waals surface area contributed by atoms with Gasteiger partial charge in [-0.05, 0) is 55.9 Å². The molecule has 6 heteroatoms. The summed E-state index contributed by atoms with van der Waals surface area (Å²) in [6.07, 6.45) is 25.1. The summed E-state index contributed by atoms with van der Waals surface area (Å²) in [6.45, 7) is 5.31. The molecule has 0 aliphatic carbocycles. The van der Waals surface area contributed by atoms with Gasteiger partial charge in [-0.15, -0.1) is 4.52 Å². The highest BCUT2D eigenvalue weighted by Gasteiger charge is 2.23. The van der Waals surface area contributed by atoms with Crippen LogP contribution in [0.3, 0.4) is 0 Å². The van der Waals surface area contributed by atoms with E-state index in [9.17, 15) is 14.5 Å². The van der Waals surface area contributed by atoms with Gasteiger partial charge in [0.25, 0.3) is 0 Å². The SMILES string of the molecule is CCCCC/C=C\C/C=C\CCCCCCCC(=O)CCCC[N+](C)(C)CC(O)CO[P+](C)=O. The van der Waals surface area contributed by atoms with Gasteiger partial charge < -0.3 is 9.59 Å². The molecule has 0 saturated heterocycles. The summed E-state index contributed by atoms with van der Waals surface area (Å²) in [6, 6.07) is 0. The Hall–Kier alpha value is -0.870. The van der Waals surface area contributed by atoms with Crippen LogP contribution in [0.4, 0.5) is 0 Å². The molecule has 0 fully saturated rings. The Morgan fingerprint density at radius 2 is 1.44 bits per heavy atom. The Kier molecular flexibility index (Phi) is 22.0. The van der Waals surface area contributed by atoms with E-state index in [0.29, 0.717) is 29.7 Å². The molecule has 0 saturated carbocycles. The fraction of sp³-hybridized carbons (Fsp3) is 0.821. The molecule has 198 valence electrons. The van der Waals surface area contributed by atoms with Crippen molar-refractivity contribution >= 4 is 13.8 Å². The van der Waals surface area contributed by atoms with Crippen molar-refractivity contribution in [2.75, 3.05) is 40.5 Å². The number of allylic oxidation sites excluding steroid dienone is 4. The molecule has 34 heavy (non-hydrogen) atoms. The molecule has 0 heterocycles. The van der Waals surface area contributed by atoms with E-state index in [1.165, 1.54) is 58.0 Å². The third-order valence-corrected chi connectivity index (χ3v) is 6.54. The van der Waals surface area contributed by atoms with Gasteiger partial charge in [0, 0.05) is 12.8 Å². The standard InChI is InChI=1S/C28H54NO4P/c1-5-6-7-8-9-10-11-12-13-14-15-16-17-18-19-22-27(30)23-20-21-24-29(2,3)25-28(31)26-33-34(4)32/h9-10,12-13,28,31H,5-8,11,14-26H2,1-4H3/q+2/b10-9-,13-12-. The second kappa shape index (κ2) is 22.6. The highest BCUT2D eigenvalue weighted by Crippen LogP contribution is 2.16. The summed E-state index contributed by atoms with van der Waals surface area (Å²) < 4.78 is 16.7. The van der Waals surface area contributed by atoms with Crippen LogP contribution in [-0.4, -0.2) is 61.9 Å². The lowest BCUT2D eigenvalue weighted by molar-refractivity contribution is -0.893. The molecule has 2 unspecified atom stereocenters. The Balaban J connectivity index is 3.57. The quantitative estimate of drug-likeness (QED) is 0.0652. The maximum absolute atomic E-state index is 12.1. The zero-order valence-corrected chi connectivity index (χ0v) is 23.6. The monoisotopic (exact) mass is 499 g/mol. The number of aliphatic hydroxyl groups excluding tert-OH is 1. The van der Waals surface area contributed by atoms with E-state index in [1.54, 1.807) is 0 Å². The molecule has 0 rings (SSSR count). The maximum atomic E-state index is 12.1. The van der Waals surface area contributed by atoms with Crippen LogP contribution in [0.1, 0.15) is 103 Å². The molecule has 0 aromatic heterocycles. The molecule has 2 atom stereocenters. The molecule has 0 amide bonds. The largest absolute Gasteiger partial charge is 0.504 e. The molecule has 0 spiro atoms. The van der Waals surface area contributed by atoms with E-state index < -0.39 is 14.1 Å². The van der Waals surface area contributed by atoms with Crippen molar-refractivity contribution in [2.24, 2.45) is 0 Å². The van der Waals surface area contributed by atoms with Gasteiger partial charge in [-0.25, -0.2) is 0 Å². The predicted molar refractivity (Wildman–Crippen MR) is 146 cm³/mol. The van der Waals surface area contributed by atoms with E-state index in [1.807, 2.05) is 0 Å². The average molecular weight is 500 g/mol. The van der Waals surface area contributed by atoms with Crippen LogP contribution < -0.4 is 0 Å².